The van der Waals surface area contributed by atoms with E-state index in [0.29, 0.717) is 19.4 Å². The lowest BCUT2D eigenvalue weighted by molar-refractivity contribution is 0.0594. The topological polar surface area (TPSA) is 79.9 Å². The number of nitrogens with one attached hydrogen (secondary N) is 2. The molecule has 1 heterocycles. The molecule has 0 aliphatic rings. The first kappa shape index (κ1) is 14.9. The minimum Gasteiger partial charge on any atom is -0.465 e. The summed E-state index contributed by atoms with van der Waals surface area (Å²) in [6, 6.07) is 2.49. The molecule has 2 N–H and O–H groups in total. The Morgan fingerprint density at radius 2 is 2.19 bits per heavy atom. The summed E-state index contributed by atoms with van der Waals surface area (Å²) < 4.78 is 31.8. The number of ether oxygens (including phenoxy) is 1. The van der Waals surface area contributed by atoms with E-state index in [1.807, 2.05) is 0 Å². The highest BCUT2D eigenvalue weighted by Gasteiger charge is 2.18. The third-order valence-electron chi connectivity index (χ3n) is 2.86. The lowest BCUT2D eigenvalue weighted by Crippen LogP contribution is -2.10. The fraction of sp³-hybridized carbons (Fsp3) is 0.308. The van der Waals surface area contributed by atoms with E-state index in [1.54, 1.807) is 0 Å². The molecule has 0 radical (unpaired) electrons. The summed E-state index contributed by atoms with van der Waals surface area (Å²) in [6.07, 6.45) is 2.70. The second kappa shape index (κ2) is 6.78. The van der Waals surface area contributed by atoms with Gasteiger partial charge in [-0.2, -0.15) is 5.10 Å². The Morgan fingerprint density at radius 1 is 1.38 bits per heavy atom. The van der Waals surface area contributed by atoms with Crippen LogP contribution in [0.15, 0.2) is 18.5 Å². The Kier molecular flexibility index (Phi) is 4.81. The summed E-state index contributed by atoms with van der Waals surface area (Å²) in [5.41, 5.74) is -0.431. The molecule has 6 nitrogen and oxygen atoms in total. The number of aromatic nitrogens is 3. The highest BCUT2D eigenvalue weighted by atomic mass is 19.2. The van der Waals surface area contributed by atoms with Gasteiger partial charge in [0, 0.05) is 13.0 Å². The van der Waals surface area contributed by atoms with Gasteiger partial charge in [0.2, 0.25) is 0 Å². The van der Waals surface area contributed by atoms with E-state index in [9.17, 15) is 13.6 Å². The van der Waals surface area contributed by atoms with Crippen molar-refractivity contribution >= 4 is 11.7 Å². The summed E-state index contributed by atoms with van der Waals surface area (Å²) >= 11 is 0. The second-order valence-corrected chi connectivity index (χ2v) is 4.24. The Hall–Kier alpha value is -2.51. The number of aromatic amines is 1. The Morgan fingerprint density at radius 3 is 2.86 bits per heavy atom. The van der Waals surface area contributed by atoms with Crippen LogP contribution < -0.4 is 5.32 Å². The monoisotopic (exact) mass is 296 g/mol. The van der Waals surface area contributed by atoms with E-state index in [4.69, 9.17) is 0 Å². The summed E-state index contributed by atoms with van der Waals surface area (Å²) in [6.45, 7) is 0.425. The van der Waals surface area contributed by atoms with Crippen LogP contribution in [0.5, 0.6) is 0 Å². The predicted molar refractivity (Wildman–Crippen MR) is 70.9 cm³/mol. The van der Waals surface area contributed by atoms with Crippen molar-refractivity contribution in [1.29, 1.82) is 0 Å². The lowest BCUT2D eigenvalue weighted by atomic mass is 10.1. The van der Waals surface area contributed by atoms with E-state index in [-0.39, 0.29) is 5.69 Å². The van der Waals surface area contributed by atoms with E-state index < -0.39 is 23.2 Å². The van der Waals surface area contributed by atoms with Crippen LogP contribution in [-0.4, -0.2) is 34.8 Å². The second-order valence-electron chi connectivity index (χ2n) is 4.24. The van der Waals surface area contributed by atoms with Crippen molar-refractivity contribution < 1.29 is 18.3 Å². The molecule has 0 fully saturated rings. The van der Waals surface area contributed by atoms with Crippen LogP contribution in [0.1, 0.15) is 22.6 Å². The zero-order valence-corrected chi connectivity index (χ0v) is 11.3. The number of carbonyl (C=O) groups excluding carboxylic acids is 1. The van der Waals surface area contributed by atoms with Gasteiger partial charge in [0.25, 0.3) is 0 Å². The maximum absolute atomic E-state index is 13.8. The Bertz CT molecular complexity index is 617. The number of methoxy groups -OCH3 is 1. The first-order chi connectivity index (χ1) is 10.1. The van der Waals surface area contributed by atoms with Crippen LogP contribution in [-0.2, 0) is 11.2 Å². The molecule has 0 bridgehead atoms. The number of halogens is 2. The predicted octanol–water partition coefficient (Wildman–Crippen LogP) is 1.91. The van der Waals surface area contributed by atoms with Gasteiger partial charge in [0.05, 0.1) is 18.4 Å². The molecule has 0 aliphatic heterocycles. The first-order valence-corrected chi connectivity index (χ1v) is 6.28. The van der Waals surface area contributed by atoms with E-state index in [2.05, 4.69) is 25.2 Å². The summed E-state index contributed by atoms with van der Waals surface area (Å²) in [5.74, 6) is -2.51. The van der Waals surface area contributed by atoms with E-state index in [0.717, 1.165) is 12.9 Å². The van der Waals surface area contributed by atoms with Crippen LogP contribution in [0.25, 0.3) is 0 Å². The molecule has 0 amide bonds. The SMILES string of the molecule is COC(=O)c1ccc(NCCCc2ncn[nH]2)c(F)c1F. The highest BCUT2D eigenvalue weighted by Crippen LogP contribution is 2.21. The third kappa shape index (κ3) is 3.53. The third-order valence-corrected chi connectivity index (χ3v) is 2.86. The molecule has 0 aliphatic carbocycles. The molecule has 112 valence electrons. The van der Waals surface area contributed by atoms with Gasteiger partial charge in [-0.1, -0.05) is 0 Å². The van der Waals surface area contributed by atoms with Gasteiger partial charge < -0.3 is 10.1 Å². The number of hydrogen-bond acceptors (Lipinski definition) is 5. The zero-order chi connectivity index (χ0) is 15.2. The number of nitrogens with zero attached hydrogens (tertiary/aromatic N) is 2. The standard InChI is InChI=1S/C13H14F2N4O2/c1-21-13(20)8-4-5-9(12(15)11(8)14)16-6-2-3-10-17-7-18-19-10/h4-5,7,16H,2-3,6H2,1H3,(H,17,18,19). The summed E-state index contributed by atoms with van der Waals surface area (Å²) in [5, 5.41) is 9.19. The summed E-state index contributed by atoms with van der Waals surface area (Å²) in [7, 11) is 1.11. The van der Waals surface area contributed by atoms with Gasteiger partial charge in [-0.25, -0.2) is 18.6 Å². The van der Waals surface area contributed by atoms with Crippen molar-refractivity contribution in [2.45, 2.75) is 12.8 Å². The van der Waals surface area contributed by atoms with Crippen LogP contribution in [0.2, 0.25) is 0 Å². The minimum absolute atomic E-state index is 0.00211. The van der Waals surface area contributed by atoms with Gasteiger partial charge in [-0.15, -0.1) is 0 Å². The number of benzene rings is 1. The van der Waals surface area contributed by atoms with Crippen LogP contribution in [0, 0.1) is 11.6 Å². The molecule has 2 rings (SSSR count). The molecule has 0 saturated carbocycles. The quantitative estimate of drug-likeness (QED) is 0.629. The average Bonchev–Trinajstić information content (AvgIpc) is 3.00. The number of rotatable bonds is 6. The number of aryl methyl sites for hydroxylation is 1. The fourth-order valence-corrected chi connectivity index (χ4v) is 1.78. The van der Waals surface area contributed by atoms with Crippen molar-refractivity contribution in [1.82, 2.24) is 15.2 Å². The van der Waals surface area contributed by atoms with E-state index >= 15 is 0 Å². The average molecular weight is 296 g/mol. The van der Waals surface area contributed by atoms with Crippen molar-refractivity contribution in [3.8, 4) is 0 Å². The van der Waals surface area contributed by atoms with Crippen molar-refractivity contribution in [2.24, 2.45) is 0 Å². The fourth-order valence-electron chi connectivity index (χ4n) is 1.78. The number of esters is 1. The number of hydrogen-bond donors (Lipinski definition) is 2. The van der Waals surface area contributed by atoms with Crippen molar-refractivity contribution in [3.63, 3.8) is 0 Å². The van der Waals surface area contributed by atoms with E-state index in [1.165, 1.54) is 18.5 Å². The molecule has 0 spiro atoms. The van der Waals surface area contributed by atoms with Gasteiger partial charge in [-0.3, -0.25) is 5.10 Å². The minimum atomic E-state index is -1.22. The molecule has 0 atom stereocenters. The van der Waals surface area contributed by atoms with Gasteiger partial charge in [0.1, 0.15) is 12.2 Å². The Balaban J connectivity index is 1.94. The zero-order valence-electron chi connectivity index (χ0n) is 11.3. The molecule has 0 unspecified atom stereocenters. The number of carbonyl (C=O) groups is 1. The maximum Gasteiger partial charge on any atom is 0.340 e. The van der Waals surface area contributed by atoms with Gasteiger partial charge in [0.15, 0.2) is 11.6 Å². The van der Waals surface area contributed by atoms with Gasteiger partial charge >= 0.3 is 5.97 Å². The molecule has 1 aromatic heterocycles. The van der Waals surface area contributed by atoms with Gasteiger partial charge in [-0.05, 0) is 18.6 Å². The van der Waals surface area contributed by atoms with Crippen LogP contribution in [0.4, 0.5) is 14.5 Å². The molecular formula is C13H14F2N4O2. The van der Waals surface area contributed by atoms with Crippen molar-refractivity contribution in [3.05, 3.63) is 41.5 Å². The molecular weight excluding hydrogens is 282 g/mol. The largest absolute Gasteiger partial charge is 0.465 e. The van der Waals surface area contributed by atoms with Crippen LogP contribution >= 0.6 is 0 Å². The highest BCUT2D eigenvalue weighted by molar-refractivity contribution is 5.90. The number of anilines is 1. The molecule has 0 saturated heterocycles. The first-order valence-electron chi connectivity index (χ1n) is 6.28. The Labute approximate surface area is 119 Å². The normalized spacial score (nSPS) is 10.4. The molecule has 8 heteroatoms. The molecule has 21 heavy (non-hydrogen) atoms. The molecule has 2 aromatic rings. The maximum atomic E-state index is 13.8. The smallest absolute Gasteiger partial charge is 0.340 e. The van der Waals surface area contributed by atoms with Crippen molar-refractivity contribution in [2.75, 3.05) is 19.0 Å². The number of H-pyrrole nitrogens is 1. The van der Waals surface area contributed by atoms with Crippen LogP contribution in [0.3, 0.4) is 0 Å². The summed E-state index contributed by atoms with van der Waals surface area (Å²) in [4.78, 5) is 15.2. The lowest BCUT2D eigenvalue weighted by Gasteiger charge is -2.09. The molecule has 1 aromatic carbocycles.